The van der Waals surface area contributed by atoms with Gasteiger partial charge in [0.25, 0.3) is 17.7 Å². The van der Waals surface area contributed by atoms with Crippen molar-refractivity contribution in [2.75, 3.05) is 36.3 Å². The quantitative estimate of drug-likeness (QED) is 0.133. The van der Waals surface area contributed by atoms with Gasteiger partial charge in [-0.2, -0.15) is 4.58 Å². The van der Waals surface area contributed by atoms with Crippen molar-refractivity contribution in [3.05, 3.63) is 156 Å². The molecule has 8 aromatic rings. The minimum absolute atomic E-state index is 0.00630. The summed E-state index contributed by atoms with van der Waals surface area (Å²) >= 11 is 0. The highest BCUT2D eigenvalue weighted by Gasteiger charge is 2.30. The van der Waals surface area contributed by atoms with Gasteiger partial charge in [-0.3, -0.25) is 14.4 Å². The molecule has 4 aliphatic rings. The molecule has 15 heteroatoms. The molecule has 0 bridgehead atoms. The normalized spacial score (nSPS) is 14.2. The number of hydrogen-bond acceptors (Lipinski definition) is 9. The van der Waals surface area contributed by atoms with E-state index in [1.54, 1.807) is 48.3 Å². The summed E-state index contributed by atoms with van der Waals surface area (Å²) in [6.07, 6.45) is 0. The van der Waals surface area contributed by atoms with Crippen molar-refractivity contribution >= 4 is 110 Å². The summed E-state index contributed by atoms with van der Waals surface area (Å²) in [6, 6.07) is 39.5. The molecule has 1 N–H and O–H groups in total. The monoisotopic (exact) mass is 875 g/mol. The van der Waals surface area contributed by atoms with E-state index in [9.17, 15) is 40.3 Å². The van der Waals surface area contributed by atoms with E-state index in [1.165, 1.54) is 23.1 Å². The van der Waals surface area contributed by atoms with Crippen molar-refractivity contribution in [1.82, 2.24) is 0 Å². The first-order valence-corrected chi connectivity index (χ1v) is 22.3. The van der Waals surface area contributed by atoms with Gasteiger partial charge in [-0.25, -0.2) is 16.8 Å². The molecule has 0 fully saturated rings. The number of carbonyl (C=O) groups is 3. The van der Waals surface area contributed by atoms with Gasteiger partial charge in [-0.15, -0.1) is 0 Å². The van der Waals surface area contributed by atoms with Crippen LogP contribution >= 0.6 is 0 Å². The van der Waals surface area contributed by atoms with Crippen LogP contribution in [0, 0.1) is 0 Å². The predicted molar refractivity (Wildman–Crippen MR) is 241 cm³/mol. The molecular weight excluding hydrogens is 841 g/mol. The average molecular weight is 876 g/mol. The minimum atomic E-state index is -4.55. The number of anilines is 3. The van der Waals surface area contributed by atoms with Crippen LogP contribution in [0.5, 0.6) is 0 Å². The van der Waals surface area contributed by atoms with Crippen LogP contribution in [0.2, 0.25) is 0 Å². The van der Waals surface area contributed by atoms with E-state index in [0.29, 0.717) is 27.4 Å². The number of hydrogen-bond donors (Lipinski definition) is 1. The van der Waals surface area contributed by atoms with Crippen molar-refractivity contribution in [3.63, 3.8) is 0 Å². The van der Waals surface area contributed by atoms with E-state index in [0.717, 1.165) is 66.4 Å². The number of nitrogens with zero attached hydrogens (tertiary/aromatic N) is 3. The van der Waals surface area contributed by atoms with E-state index in [4.69, 9.17) is 0 Å². The molecule has 0 spiro atoms. The van der Waals surface area contributed by atoms with Gasteiger partial charge >= 0.3 is 0 Å². The van der Waals surface area contributed by atoms with Gasteiger partial charge in [-0.05, 0) is 65.4 Å². The Bertz CT molecular complexity index is 3590. The SMILES string of the molecule is CC1=[N+](C)c2ccc(S(=O)(=O)[O-])c3cccc1c23.CN1C(=O)c2cccc3c(S(=O)(=O)[O-])ccc1c23.CN1C(=O)c2cccc3cccc1c23.O=C1Nc2cccc3cccc1c23. The first kappa shape index (κ1) is 41.1. The van der Waals surface area contributed by atoms with Gasteiger partial charge in [0.2, 0.25) is 5.69 Å². The molecular formula is C48H35N4O9S2-. The maximum atomic E-state index is 11.9. The second kappa shape index (κ2) is 15.0. The smallest absolute Gasteiger partial charge is 0.258 e. The maximum Gasteiger partial charge on any atom is 0.258 e. The van der Waals surface area contributed by atoms with E-state index < -0.39 is 20.2 Å². The van der Waals surface area contributed by atoms with Gasteiger partial charge in [0, 0.05) is 76.4 Å². The lowest BCUT2D eigenvalue weighted by Crippen LogP contribution is -2.20. The van der Waals surface area contributed by atoms with Crippen LogP contribution in [0.3, 0.4) is 0 Å². The lowest BCUT2D eigenvalue weighted by atomic mass is 10.0. The Morgan fingerprint density at radius 3 is 1.57 bits per heavy atom. The van der Waals surface area contributed by atoms with Gasteiger partial charge < -0.3 is 24.2 Å². The summed E-state index contributed by atoms with van der Waals surface area (Å²) in [5, 5.41) is 9.40. The van der Waals surface area contributed by atoms with Crippen LogP contribution in [-0.2, 0) is 20.2 Å². The van der Waals surface area contributed by atoms with Gasteiger partial charge in [0.05, 0.1) is 32.1 Å². The van der Waals surface area contributed by atoms with Crippen molar-refractivity contribution in [3.8, 4) is 0 Å². The molecule has 0 unspecified atom stereocenters. The number of amides is 3. The number of rotatable bonds is 2. The zero-order valence-electron chi connectivity index (χ0n) is 34.0. The lowest BCUT2D eigenvalue weighted by molar-refractivity contribution is -0.400. The van der Waals surface area contributed by atoms with Crippen LogP contribution < -0.4 is 15.1 Å². The molecule has 4 heterocycles. The summed E-state index contributed by atoms with van der Waals surface area (Å²) in [5.74, 6) is -0.0975. The fourth-order valence-corrected chi connectivity index (χ4v) is 10.1. The molecule has 12 rings (SSSR count). The lowest BCUT2D eigenvalue weighted by Gasteiger charge is -2.13. The largest absolute Gasteiger partial charge is 0.744 e. The molecule has 314 valence electrons. The van der Waals surface area contributed by atoms with E-state index >= 15 is 0 Å². The van der Waals surface area contributed by atoms with E-state index in [1.807, 2.05) is 104 Å². The first-order chi connectivity index (χ1) is 30.0. The fourth-order valence-electron chi connectivity index (χ4n) is 8.74. The zero-order valence-corrected chi connectivity index (χ0v) is 35.7. The number of carbonyl (C=O) groups excluding carboxylic acids is 3. The van der Waals surface area contributed by atoms with Crippen LogP contribution in [0.4, 0.5) is 22.7 Å². The molecule has 0 radical (unpaired) electrons. The fraction of sp³-hybridized carbons (Fsp3) is 0.0833. The van der Waals surface area contributed by atoms with E-state index in [-0.39, 0.29) is 27.5 Å². The van der Waals surface area contributed by atoms with Gasteiger partial charge in [0.15, 0.2) is 5.71 Å². The third-order valence-corrected chi connectivity index (χ3v) is 13.6. The molecule has 63 heavy (non-hydrogen) atoms. The highest BCUT2D eigenvalue weighted by Crippen LogP contribution is 2.40. The van der Waals surface area contributed by atoms with Crippen molar-refractivity contribution in [1.29, 1.82) is 0 Å². The second-order valence-electron chi connectivity index (χ2n) is 15.2. The molecule has 3 amide bonds. The Hall–Kier alpha value is -7.30. The predicted octanol–water partition coefficient (Wildman–Crippen LogP) is 8.01. The van der Waals surface area contributed by atoms with Crippen LogP contribution in [-0.4, -0.2) is 75.1 Å². The topological polar surface area (TPSA) is 187 Å². The van der Waals surface area contributed by atoms with Crippen molar-refractivity contribution in [2.24, 2.45) is 0 Å². The zero-order chi connectivity index (χ0) is 44.7. The second-order valence-corrected chi connectivity index (χ2v) is 17.9. The highest BCUT2D eigenvalue weighted by molar-refractivity contribution is 7.86. The Kier molecular flexibility index (Phi) is 9.75. The number of nitrogens with one attached hydrogen (secondary N) is 1. The Morgan fingerprint density at radius 2 is 0.968 bits per heavy atom. The summed E-state index contributed by atoms with van der Waals surface area (Å²) in [7, 11) is -3.64. The van der Waals surface area contributed by atoms with Gasteiger partial charge in [0.1, 0.15) is 27.3 Å². The molecule has 0 aromatic heterocycles. The van der Waals surface area contributed by atoms with Crippen molar-refractivity contribution < 1.29 is 44.9 Å². The molecule has 8 aromatic carbocycles. The first-order valence-electron chi connectivity index (χ1n) is 19.5. The molecule has 0 atom stereocenters. The molecule has 4 aliphatic heterocycles. The Balaban J connectivity index is 0.000000108. The number of benzene rings is 8. The molecule has 0 aliphatic carbocycles. The summed E-state index contributed by atoms with van der Waals surface area (Å²) < 4.78 is 69.4. The average Bonchev–Trinajstić information content (AvgIpc) is 3.91. The minimum Gasteiger partial charge on any atom is -0.744 e. The van der Waals surface area contributed by atoms with Crippen LogP contribution in [0.1, 0.15) is 43.6 Å². The third-order valence-electron chi connectivity index (χ3n) is 11.8. The Labute approximate surface area is 361 Å². The highest BCUT2D eigenvalue weighted by atomic mass is 32.2. The van der Waals surface area contributed by atoms with Gasteiger partial charge in [-0.1, -0.05) is 72.8 Å². The molecule has 0 saturated heterocycles. The van der Waals surface area contributed by atoms with Crippen molar-refractivity contribution in [2.45, 2.75) is 16.7 Å². The van der Waals surface area contributed by atoms with E-state index in [2.05, 4.69) is 5.32 Å². The summed E-state index contributed by atoms with van der Waals surface area (Å²) in [4.78, 5) is 37.9. The third kappa shape index (κ3) is 6.69. The van der Waals surface area contributed by atoms with Crippen LogP contribution in [0.25, 0.3) is 43.1 Å². The molecule has 13 nitrogen and oxygen atoms in total. The standard InChI is InChI=1S/C13H11NO3S.C12H9NO4S.C12H9NO.C11H7NO/c1-8-9-4-3-5-10-12(18(15,16)17)7-6-11(13(9)10)14(8)2;1-13-9-5-6-10(18(15,16)17)7-3-2-4-8(11(7)9)12(13)14;1-13-10-7-3-5-8-4-2-6-9(11(8)10)12(13)14;13-11-8-5-1-3-7-4-2-6-9(12-11)10(7)8/h3-7H,1-2H3;2-6H,1H3,(H,15,16,17);2-7H,1H3;1-6H,(H,12,13)/p-1. The summed E-state index contributed by atoms with van der Waals surface area (Å²) in [5.41, 5.74) is 7.57. The van der Waals surface area contributed by atoms with Crippen LogP contribution in [0.15, 0.2) is 143 Å². The maximum absolute atomic E-state index is 11.9. The Morgan fingerprint density at radius 1 is 0.508 bits per heavy atom. The molecule has 0 saturated carbocycles. The summed E-state index contributed by atoms with van der Waals surface area (Å²) in [6.45, 7) is 1.97.